The van der Waals surface area contributed by atoms with E-state index in [4.69, 9.17) is 0 Å². The molecule has 0 fully saturated rings. The fourth-order valence-electron chi connectivity index (χ4n) is 2.71. The fourth-order valence-corrected chi connectivity index (χ4v) is 2.71. The third kappa shape index (κ3) is 2.29. The minimum absolute atomic E-state index is 0.112. The highest BCUT2D eigenvalue weighted by Gasteiger charge is 2.36. The highest BCUT2D eigenvalue weighted by Crippen LogP contribution is 2.32. The first-order chi connectivity index (χ1) is 11.4. The Morgan fingerprint density at radius 2 is 1.67 bits per heavy atom. The Hall–Kier alpha value is -2.96. The van der Waals surface area contributed by atoms with Crippen molar-refractivity contribution in [2.45, 2.75) is 13.1 Å². The lowest BCUT2D eigenvalue weighted by molar-refractivity contribution is -0.142. The number of halogens is 3. The summed E-state index contributed by atoms with van der Waals surface area (Å²) in [6.45, 7) is 1.52. The molecule has 3 aromatic heterocycles. The van der Waals surface area contributed by atoms with E-state index < -0.39 is 11.9 Å². The van der Waals surface area contributed by atoms with Crippen molar-refractivity contribution < 1.29 is 13.2 Å². The normalized spacial score (nSPS) is 12.2. The van der Waals surface area contributed by atoms with Gasteiger partial charge in [-0.2, -0.15) is 18.3 Å². The summed E-state index contributed by atoms with van der Waals surface area (Å²) in [7, 11) is 0. The van der Waals surface area contributed by atoms with Gasteiger partial charge in [0.15, 0.2) is 5.82 Å². The summed E-state index contributed by atoms with van der Waals surface area (Å²) in [6, 6.07) is 11.7. The first kappa shape index (κ1) is 14.6. The highest BCUT2D eigenvalue weighted by atomic mass is 19.4. The van der Waals surface area contributed by atoms with Gasteiger partial charge >= 0.3 is 6.18 Å². The third-order valence-corrected chi connectivity index (χ3v) is 3.76. The molecule has 0 amide bonds. The van der Waals surface area contributed by atoms with E-state index in [0.717, 1.165) is 21.5 Å². The number of alkyl halides is 3. The zero-order chi connectivity index (χ0) is 16.9. The zero-order valence-electron chi connectivity index (χ0n) is 12.5. The molecule has 0 radical (unpaired) electrons. The Morgan fingerprint density at radius 1 is 0.958 bits per heavy atom. The van der Waals surface area contributed by atoms with Crippen molar-refractivity contribution in [1.29, 1.82) is 0 Å². The van der Waals surface area contributed by atoms with E-state index in [2.05, 4.69) is 15.1 Å². The smallest absolute Gasteiger partial charge is 0.254 e. The summed E-state index contributed by atoms with van der Waals surface area (Å²) in [5.41, 5.74) is 0.626. The number of fused-ring (bicyclic) bond motifs is 3. The predicted octanol–water partition coefficient (Wildman–Crippen LogP) is 4.30. The molecule has 0 saturated heterocycles. The molecule has 0 aliphatic heterocycles. The Morgan fingerprint density at radius 3 is 2.42 bits per heavy atom. The summed E-state index contributed by atoms with van der Waals surface area (Å²) in [6.07, 6.45) is -2.87. The lowest BCUT2D eigenvalue weighted by Crippen LogP contribution is -2.14. The standard InChI is InChI=1S/C17H11F3N4/c1-10-9-13(17(18,19)20)24(23-10)14-7-6-12-5-4-11-3-2-8-21-15(11)16(12)22-14/h2-9H,1H3. The molecule has 24 heavy (non-hydrogen) atoms. The van der Waals surface area contributed by atoms with Crippen molar-refractivity contribution >= 4 is 21.8 Å². The number of benzene rings is 1. The van der Waals surface area contributed by atoms with Crippen LogP contribution in [-0.2, 0) is 6.18 Å². The Labute approximate surface area is 134 Å². The van der Waals surface area contributed by atoms with Gasteiger partial charge in [0.1, 0.15) is 5.69 Å². The molecular formula is C17H11F3N4. The number of aromatic nitrogens is 4. The van der Waals surface area contributed by atoms with Gasteiger partial charge in [0.25, 0.3) is 0 Å². The van der Waals surface area contributed by atoms with Gasteiger partial charge in [-0.15, -0.1) is 0 Å². The number of hydrogen-bond acceptors (Lipinski definition) is 3. The van der Waals surface area contributed by atoms with Crippen LogP contribution in [0.2, 0.25) is 0 Å². The van der Waals surface area contributed by atoms with Gasteiger partial charge in [-0.25, -0.2) is 9.67 Å². The first-order valence-corrected chi connectivity index (χ1v) is 7.22. The molecule has 4 aromatic rings. The molecule has 0 N–H and O–H groups in total. The van der Waals surface area contributed by atoms with Gasteiger partial charge in [-0.3, -0.25) is 4.98 Å². The number of hydrogen-bond donors (Lipinski definition) is 0. The lowest BCUT2D eigenvalue weighted by atomic mass is 10.1. The van der Waals surface area contributed by atoms with E-state index in [9.17, 15) is 13.2 Å². The SMILES string of the molecule is Cc1cc(C(F)(F)F)n(-c2ccc3ccc4cccnc4c3n2)n1. The molecule has 0 atom stereocenters. The van der Waals surface area contributed by atoms with E-state index in [1.165, 1.54) is 13.0 Å². The van der Waals surface area contributed by atoms with Crippen LogP contribution >= 0.6 is 0 Å². The van der Waals surface area contributed by atoms with Gasteiger partial charge in [0, 0.05) is 17.0 Å². The quantitative estimate of drug-likeness (QED) is 0.489. The van der Waals surface area contributed by atoms with Crippen molar-refractivity contribution in [1.82, 2.24) is 19.7 Å². The van der Waals surface area contributed by atoms with Gasteiger partial charge < -0.3 is 0 Å². The summed E-state index contributed by atoms with van der Waals surface area (Å²) in [5.74, 6) is 0.112. The minimum Gasteiger partial charge on any atom is -0.254 e. The lowest BCUT2D eigenvalue weighted by Gasteiger charge is -2.10. The molecular weight excluding hydrogens is 317 g/mol. The van der Waals surface area contributed by atoms with E-state index in [-0.39, 0.29) is 11.5 Å². The number of pyridine rings is 2. The molecule has 4 nitrogen and oxygen atoms in total. The molecule has 0 unspecified atom stereocenters. The molecule has 1 aromatic carbocycles. The minimum atomic E-state index is -4.51. The van der Waals surface area contributed by atoms with Crippen LogP contribution < -0.4 is 0 Å². The zero-order valence-corrected chi connectivity index (χ0v) is 12.5. The Kier molecular flexibility index (Phi) is 3.06. The summed E-state index contributed by atoms with van der Waals surface area (Å²) >= 11 is 0. The average Bonchev–Trinajstić information content (AvgIpc) is 2.96. The molecule has 0 spiro atoms. The van der Waals surface area contributed by atoms with Crippen molar-refractivity contribution in [3.63, 3.8) is 0 Å². The van der Waals surface area contributed by atoms with Crippen LogP contribution in [0.1, 0.15) is 11.4 Å². The highest BCUT2D eigenvalue weighted by molar-refractivity contribution is 6.02. The summed E-state index contributed by atoms with van der Waals surface area (Å²) in [5, 5.41) is 5.63. The van der Waals surface area contributed by atoms with Crippen LogP contribution in [0.4, 0.5) is 13.2 Å². The molecule has 0 saturated carbocycles. The third-order valence-electron chi connectivity index (χ3n) is 3.76. The molecule has 4 rings (SSSR count). The van der Waals surface area contributed by atoms with Crippen LogP contribution in [0.3, 0.4) is 0 Å². The maximum absolute atomic E-state index is 13.2. The second kappa shape index (κ2) is 5.02. The van der Waals surface area contributed by atoms with E-state index >= 15 is 0 Å². The second-order valence-corrected chi connectivity index (χ2v) is 5.46. The largest absolute Gasteiger partial charge is 0.433 e. The fraction of sp³-hybridized carbons (Fsp3) is 0.118. The monoisotopic (exact) mass is 328 g/mol. The van der Waals surface area contributed by atoms with Crippen LogP contribution in [-0.4, -0.2) is 19.7 Å². The van der Waals surface area contributed by atoms with Gasteiger partial charge in [-0.05, 0) is 31.2 Å². The van der Waals surface area contributed by atoms with Crippen molar-refractivity contribution in [3.05, 3.63) is 60.0 Å². The van der Waals surface area contributed by atoms with E-state index in [1.54, 1.807) is 18.3 Å². The van der Waals surface area contributed by atoms with Gasteiger partial charge in [0.2, 0.25) is 0 Å². The first-order valence-electron chi connectivity index (χ1n) is 7.22. The maximum Gasteiger partial charge on any atom is 0.433 e. The van der Waals surface area contributed by atoms with Crippen LogP contribution in [0.15, 0.2) is 48.7 Å². The molecule has 0 aliphatic rings. The van der Waals surface area contributed by atoms with Crippen molar-refractivity contribution in [2.75, 3.05) is 0 Å². The van der Waals surface area contributed by atoms with Crippen LogP contribution in [0, 0.1) is 6.92 Å². The number of rotatable bonds is 1. The second-order valence-electron chi connectivity index (χ2n) is 5.46. The van der Waals surface area contributed by atoms with Gasteiger partial charge in [0.05, 0.1) is 16.7 Å². The van der Waals surface area contributed by atoms with Crippen molar-refractivity contribution in [2.24, 2.45) is 0 Å². The number of aryl methyl sites for hydroxylation is 1. The topological polar surface area (TPSA) is 43.6 Å². The Balaban J connectivity index is 2.01. The van der Waals surface area contributed by atoms with Crippen LogP contribution in [0.25, 0.3) is 27.6 Å². The number of nitrogens with zero attached hydrogens (tertiary/aromatic N) is 4. The summed E-state index contributed by atoms with van der Waals surface area (Å²) < 4.78 is 40.5. The summed E-state index contributed by atoms with van der Waals surface area (Å²) in [4.78, 5) is 8.71. The molecule has 120 valence electrons. The van der Waals surface area contributed by atoms with Gasteiger partial charge in [-0.1, -0.05) is 18.2 Å². The molecule has 0 aliphatic carbocycles. The predicted molar refractivity (Wildman–Crippen MR) is 83.9 cm³/mol. The maximum atomic E-state index is 13.2. The Bertz CT molecular complexity index is 1070. The van der Waals surface area contributed by atoms with E-state index in [1.807, 2.05) is 18.2 Å². The van der Waals surface area contributed by atoms with Crippen molar-refractivity contribution in [3.8, 4) is 5.82 Å². The van der Waals surface area contributed by atoms with Crippen LogP contribution in [0.5, 0.6) is 0 Å². The van der Waals surface area contributed by atoms with E-state index in [0.29, 0.717) is 11.0 Å². The molecule has 3 heterocycles. The average molecular weight is 328 g/mol. The molecule has 0 bridgehead atoms. The molecule has 7 heteroatoms.